The van der Waals surface area contributed by atoms with E-state index in [4.69, 9.17) is 11.4 Å². The Labute approximate surface area is 160 Å². The zero-order valence-corrected chi connectivity index (χ0v) is 16.0. The fourth-order valence-electron chi connectivity index (χ4n) is 3.76. The molecule has 2 amide bonds. The lowest BCUT2D eigenvalue weighted by molar-refractivity contribution is -0.134. The van der Waals surface area contributed by atoms with Gasteiger partial charge in [0, 0.05) is 24.2 Å². The minimum absolute atomic E-state index is 0.0418. The second-order valence-electron chi connectivity index (χ2n) is 7.32. The minimum Gasteiger partial charge on any atom is -0.453 e. The molecule has 1 N–H and O–H groups in total. The zero-order chi connectivity index (χ0) is 19.6. The van der Waals surface area contributed by atoms with Gasteiger partial charge in [-0.1, -0.05) is 19.8 Å². The summed E-state index contributed by atoms with van der Waals surface area (Å²) >= 11 is 0. The fraction of sp³-hybridized carbons (Fsp3) is 0.476. The second-order valence-corrected chi connectivity index (χ2v) is 7.32. The van der Waals surface area contributed by atoms with E-state index in [1.165, 1.54) is 7.11 Å². The standard InChI is InChI=1S/C21H25N3O3/c1-5-14-8-9-16-15(11-14)12-17(22-16)18-7-6-10-24(18)20(25)19(13(2)3)23-21(26)27-4/h1,8-9,11,13,18-19H,6-7,10,12H2,2-4H3,(H,23,26)/t18-,19-/m0/s1. The molecule has 0 bridgehead atoms. The Bertz CT molecular complexity index is 822. The summed E-state index contributed by atoms with van der Waals surface area (Å²) in [6.45, 7) is 4.49. The molecule has 2 aliphatic rings. The molecular weight excluding hydrogens is 342 g/mol. The van der Waals surface area contributed by atoms with Crippen molar-refractivity contribution < 1.29 is 14.3 Å². The van der Waals surface area contributed by atoms with Gasteiger partial charge < -0.3 is 15.0 Å². The highest BCUT2D eigenvalue weighted by molar-refractivity contribution is 6.01. The van der Waals surface area contributed by atoms with Crippen molar-refractivity contribution in [2.75, 3.05) is 13.7 Å². The largest absolute Gasteiger partial charge is 0.453 e. The van der Waals surface area contributed by atoms with E-state index in [0.29, 0.717) is 13.0 Å². The first-order valence-electron chi connectivity index (χ1n) is 9.26. The molecule has 27 heavy (non-hydrogen) atoms. The monoisotopic (exact) mass is 367 g/mol. The number of likely N-dealkylation sites (tertiary alicyclic amines) is 1. The van der Waals surface area contributed by atoms with Crippen LogP contribution in [-0.2, 0) is 16.0 Å². The predicted molar refractivity (Wildman–Crippen MR) is 104 cm³/mol. The third-order valence-corrected chi connectivity index (χ3v) is 5.19. The van der Waals surface area contributed by atoms with E-state index >= 15 is 0 Å². The van der Waals surface area contributed by atoms with E-state index in [1.54, 1.807) is 0 Å². The number of nitrogens with one attached hydrogen (secondary N) is 1. The summed E-state index contributed by atoms with van der Waals surface area (Å²) in [6.07, 6.45) is 7.40. The van der Waals surface area contributed by atoms with E-state index < -0.39 is 12.1 Å². The van der Waals surface area contributed by atoms with Crippen LogP contribution in [0.15, 0.2) is 23.2 Å². The number of aliphatic imine (C=N–C) groups is 1. The Kier molecular flexibility index (Phi) is 5.50. The number of carbonyl (C=O) groups excluding carboxylic acids is 2. The maximum atomic E-state index is 13.2. The molecule has 1 aromatic rings. The summed E-state index contributed by atoms with van der Waals surface area (Å²) in [5.41, 5.74) is 3.86. The predicted octanol–water partition coefficient (Wildman–Crippen LogP) is 2.67. The average Bonchev–Trinajstić information content (AvgIpc) is 3.30. The van der Waals surface area contributed by atoms with Gasteiger partial charge in [-0.15, -0.1) is 6.42 Å². The van der Waals surface area contributed by atoms with Gasteiger partial charge in [-0.2, -0.15) is 0 Å². The van der Waals surface area contributed by atoms with Gasteiger partial charge in [0.25, 0.3) is 0 Å². The van der Waals surface area contributed by atoms with E-state index in [1.807, 2.05) is 36.9 Å². The third kappa shape index (κ3) is 3.82. The van der Waals surface area contributed by atoms with Crippen LogP contribution >= 0.6 is 0 Å². The molecule has 6 heteroatoms. The topological polar surface area (TPSA) is 71.0 Å². The molecule has 0 saturated carbocycles. The van der Waals surface area contributed by atoms with Crippen LogP contribution in [-0.4, -0.2) is 48.4 Å². The first-order chi connectivity index (χ1) is 12.9. The van der Waals surface area contributed by atoms with Gasteiger partial charge in [-0.25, -0.2) is 4.79 Å². The van der Waals surface area contributed by atoms with E-state index in [2.05, 4.69) is 16.0 Å². The SMILES string of the molecule is C#Cc1ccc2c(c1)CC([C@@H]1CCCN1C(=O)[C@@H](NC(=O)OC)C(C)C)=N2. The highest BCUT2D eigenvalue weighted by Gasteiger charge is 2.38. The van der Waals surface area contributed by atoms with Crippen molar-refractivity contribution in [3.05, 3.63) is 29.3 Å². The van der Waals surface area contributed by atoms with Gasteiger partial charge in [0.15, 0.2) is 0 Å². The normalized spacial score (nSPS) is 19.3. The Morgan fingerprint density at radius 3 is 2.85 bits per heavy atom. The van der Waals surface area contributed by atoms with Crippen molar-refractivity contribution in [2.24, 2.45) is 10.9 Å². The number of fused-ring (bicyclic) bond motifs is 1. The molecule has 1 saturated heterocycles. The van der Waals surface area contributed by atoms with Gasteiger partial charge in [0.05, 0.1) is 18.8 Å². The fourth-order valence-corrected chi connectivity index (χ4v) is 3.76. The molecule has 2 heterocycles. The van der Waals surface area contributed by atoms with Crippen LogP contribution in [0.5, 0.6) is 0 Å². The molecule has 2 aliphatic heterocycles. The third-order valence-electron chi connectivity index (χ3n) is 5.19. The van der Waals surface area contributed by atoms with Crippen molar-refractivity contribution in [3.8, 4) is 12.3 Å². The molecular formula is C21H25N3O3. The van der Waals surface area contributed by atoms with Crippen molar-refractivity contribution in [3.63, 3.8) is 0 Å². The van der Waals surface area contributed by atoms with Gasteiger partial charge in [-0.05, 0) is 42.5 Å². The number of amides is 2. The molecule has 0 unspecified atom stereocenters. The molecule has 3 rings (SSSR count). The van der Waals surface area contributed by atoms with Crippen LogP contribution in [0.2, 0.25) is 0 Å². The Hall–Kier alpha value is -2.81. The second kappa shape index (κ2) is 7.83. The molecule has 142 valence electrons. The summed E-state index contributed by atoms with van der Waals surface area (Å²) in [5, 5.41) is 2.67. The average molecular weight is 367 g/mol. The Morgan fingerprint density at radius 1 is 1.41 bits per heavy atom. The number of alkyl carbamates (subject to hydrolysis) is 1. The first-order valence-corrected chi connectivity index (χ1v) is 9.26. The number of terminal acetylenes is 1. The van der Waals surface area contributed by atoms with Crippen LogP contribution < -0.4 is 5.32 Å². The lowest BCUT2D eigenvalue weighted by Crippen LogP contribution is -2.53. The number of ether oxygens (including phenoxy) is 1. The summed E-state index contributed by atoms with van der Waals surface area (Å²) in [6, 6.07) is 5.16. The smallest absolute Gasteiger partial charge is 0.407 e. The summed E-state index contributed by atoms with van der Waals surface area (Å²) in [4.78, 5) is 31.4. The molecule has 0 spiro atoms. The van der Waals surface area contributed by atoms with E-state index in [-0.39, 0.29) is 17.9 Å². The molecule has 1 fully saturated rings. The van der Waals surface area contributed by atoms with Crippen molar-refractivity contribution in [1.29, 1.82) is 0 Å². The lowest BCUT2D eigenvalue weighted by Gasteiger charge is -2.30. The molecule has 0 aliphatic carbocycles. The van der Waals surface area contributed by atoms with Gasteiger partial charge in [0.1, 0.15) is 6.04 Å². The number of benzene rings is 1. The zero-order valence-electron chi connectivity index (χ0n) is 16.0. The van der Waals surface area contributed by atoms with Crippen molar-refractivity contribution in [2.45, 2.75) is 45.2 Å². The number of rotatable bonds is 4. The van der Waals surface area contributed by atoms with E-state index in [9.17, 15) is 9.59 Å². The quantitative estimate of drug-likeness (QED) is 0.832. The molecule has 0 aromatic heterocycles. The van der Waals surface area contributed by atoms with Crippen LogP contribution in [0.25, 0.3) is 0 Å². The lowest BCUT2D eigenvalue weighted by atomic mass is 9.99. The summed E-state index contributed by atoms with van der Waals surface area (Å²) in [7, 11) is 1.30. The Balaban J connectivity index is 1.78. The van der Waals surface area contributed by atoms with Crippen LogP contribution in [0.3, 0.4) is 0 Å². The maximum absolute atomic E-state index is 13.2. The number of methoxy groups -OCH3 is 1. The van der Waals surface area contributed by atoms with Crippen molar-refractivity contribution >= 4 is 23.4 Å². The van der Waals surface area contributed by atoms with Gasteiger partial charge >= 0.3 is 6.09 Å². The van der Waals surface area contributed by atoms with Gasteiger partial charge in [0.2, 0.25) is 5.91 Å². The highest BCUT2D eigenvalue weighted by atomic mass is 16.5. The maximum Gasteiger partial charge on any atom is 0.407 e. The Morgan fingerprint density at radius 2 is 2.19 bits per heavy atom. The summed E-state index contributed by atoms with van der Waals surface area (Å²) < 4.78 is 4.67. The first kappa shape index (κ1) is 19.0. The highest BCUT2D eigenvalue weighted by Crippen LogP contribution is 2.32. The van der Waals surface area contributed by atoms with Crippen LogP contribution in [0.1, 0.15) is 37.8 Å². The number of nitrogens with zero attached hydrogens (tertiary/aromatic N) is 2. The molecule has 6 nitrogen and oxygen atoms in total. The summed E-state index contributed by atoms with van der Waals surface area (Å²) in [5.74, 6) is 2.53. The van der Waals surface area contributed by atoms with Crippen LogP contribution in [0.4, 0.5) is 10.5 Å². The van der Waals surface area contributed by atoms with E-state index in [0.717, 1.165) is 35.4 Å². The van der Waals surface area contributed by atoms with Crippen LogP contribution in [0, 0.1) is 18.3 Å². The van der Waals surface area contributed by atoms with Crippen molar-refractivity contribution in [1.82, 2.24) is 10.2 Å². The number of carbonyl (C=O) groups is 2. The molecule has 2 atom stereocenters. The van der Waals surface area contributed by atoms with Gasteiger partial charge in [-0.3, -0.25) is 9.79 Å². The molecule has 1 aromatic carbocycles. The number of hydrogen-bond acceptors (Lipinski definition) is 4. The minimum atomic E-state index is -0.615. The number of hydrogen-bond donors (Lipinski definition) is 1. The molecule has 0 radical (unpaired) electrons.